The van der Waals surface area contributed by atoms with Crippen LogP contribution in [-0.4, -0.2) is 12.5 Å². The van der Waals surface area contributed by atoms with Crippen LogP contribution in [-0.2, 0) is 4.79 Å². The molecule has 2 aromatic carbocycles. The summed E-state index contributed by atoms with van der Waals surface area (Å²) < 4.78 is 52.2. The highest BCUT2D eigenvalue weighted by Gasteiger charge is 2.15. The van der Waals surface area contributed by atoms with E-state index in [2.05, 4.69) is 5.32 Å². The number of hydrogen-bond acceptors (Lipinski definition) is 1. The summed E-state index contributed by atoms with van der Waals surface area (Å²) >= 11 is 0. The van der Waals surface area contributed by atoms with Crippen LogP contribution < -0.4 is 10.6 Å². The Labute approximate surface area is 130 Å². The number of quaternary nitrogens is 1. The Kier molecular flexibility index (Phi) is 5.33. The van der Waals surface area contributed by atoms with Crippen LogP contribution >= 0.6 is 0 Å². The topological polar surface area (TPSA) is 45.7 Å². The minimum atomic E-state index is -0.958. The lowest BCUT2D eigenvalue weighted by Crippen LogP contribution is -2.86. The second-order valence-electron chi connectivity index (χ2n) is 5.07. The normalized spacial score (nSPS) is 12.0. The number of benzene rings is 2. The van der Waals surface area contributed by atoms with Crippen LogP contribution in [0.5, 0.6) is 0 Å². The van der Waals surface area contributed by atoms with Gasteiger partial charge in [-0.1, -0.05) is 0 Å². The van der Waals surface area contributed by atoms with Crippen LogP contribution in [0, 0.1) is 23.3 Å². The molecule has 0 heterocycles. The van der Waals surface area contributed by atoms with Gasteiger partial charge in [0.15, 0.2) is 18.2 Å². The number of hydrogen-bond donors (Lipinski definition) is 2. The molecule has 2 rings (SSSR count). The molecule has 3 nitrogen and oxygen atoms in total. The van der Waals surface area contributed by atoms with E-state index >= 15 is 0 Å². The molecule has 122 valence electrons. The second kappa shape index (κ2) is 7.23. The largest absolute Gasteiger partial charge is 0.333 e. The van der Waals surface area contributed by atoms with Gasteiger partial charge in [0.1, 0.15) is 17.7 Å². The number of nitrogens with two attached hydrogens (primary N) is 1. The van der Waals surface area contributed by atoms with E-state index in [1.165, 1.54) is 6.07 Å². The molecule has 0 saturated carbocycles. The van der Waals surface area contributed by atoms with Gasteiger partial charge in [-0.25, -0.2) is 17.6 Å². The van der Waals surface area contributed by atoms with Gasteiger partial charge in [0.05, 0.1) is 5.69 Å². The van der Waals surface area contributed by atoms with Crippen molar-refractivity contribution >= 4 is 11.6 Å². The first kappa shape index (κ1) is 17.0. The lowest BCUT2D eigenvalue weighted by Gasteiger charge is -2.12. The van der Waals surface area contributed by atoms with Crippen molar-refractivity contribution in [2.45, 2.75) is 13.0 Å². The lowest BCUT2D eigenvalue weighted by molar-refractivity contribution is -0.682. The average molecular weight is 327 g/mol. The molecule has 0 aromatic heterocycles. The van der Waals surface area contributed by atoms with E-state index in [9.17, 15) is 22.4 Å². The van der Waals surface area contributed by atoms with Gasteiger partial charge in [-0.3, -0.25) is 4.79 Å². The number of carbonyl (C=O) groups is 1. The van der Waals surface area contributed by atoms with E-state index in [0.29, 0.717) is 11.6 Å². The standard InChI is InChI=1S/C16H14F4N2O/c1-9(10-2-4-12(18)13(19)6-10)21-8-16(23)22-15-5-3-11(17)7-14(15)20/h2-7,9,21H,8H2,1H3,(H,22,23)/p+1/t9-/m1/s1. The van der Waals surface area contributed by atoms with Crippen molar-refractivity contribution in [2.24, 2.45) is 0 Å². The number of rotatable bonds is 5. The van der Waals surface area contributed by atoms with Crippen LogP contribution in [0.1, 0.15) is 18.5 Å². The summed E-state index contributed by atoms with van der Waals surface area (Å²) in [5.41, 5.74) is 0.398. The predicted molar refractivity (Wildman–Crippen MR) is 76.6 cm³/mol. The van der Waals surface area contributed by atoms with Crippen LogP contribution in [0.4, 0.5) is 23.2 Å². The minimum absolute atomic E-state index is 0.0586. The summed E-state index contributed by atoms with van der Waals surface area (Å²) in [5.74, 6) is -4.00. The van der Waals surface area contributed by atoms with Gasteiger partial charge in [-0.15, -0.1) is 0 Å². The molecule has 0 saturated heterocycles. The summed E-state index contributed by atoms with van der Waals surface area (Å²) in [6.07, 6.45) is 0. The fraction of sp³-hybridized carbons (Fsp3) is 0.188. The van der Waals surface area contributed by atoms with E-state index < -0.39 is 29.2 Å². The molecule has 2 aromatic rings. The SMILES string of the molecule is C[C@@H]([NH2+]CC(=O)Nc1ccc(F)cc1F)c1ccc(F)c(F)c1. The fourth-order valence-electron chi connectivity index (χ4n) is 2.01. The first-order valence-electron chi connectivity index (χ1n) is 6.90. The molecule has 3 N–H and O–H groups in total. The van der Waals surface area contributed by atoms with E-state index in [0.717, 1.165) is 24.3 Å². The van der Waals surface area contributed by atoms with E-state index in [4.69, 9.17) is 0 Å². The zero-order valence-corrected chi connectivity index (χ0v) is 12.2. The van der Waals surface area contributed by atoms with Gasteiger partial charge in [0.2, 0.25) is 0 Å². The van der Waals surface area contributed by atoms with Gasteiger partial charge in [0.25, 0.3) is 5.91 Å². The van der Waals surface area contributed by atoms with Crippen molar-refractivity contribution in [1.29, 1.82) is 0 Å². The first-order valence-corrected chi connectivity index (χ1v) is 6.90. The first-order chi connectivity index (χ1) is 10.9. The molecule has 7 heteroatoms. The number of halogens is 4. The summed E-state index contributed by atoms with van der Waals surface area (Å²) in [5, 5.41) is 3.91. The molecule has 23 heavy (non-hydrogen) atoms. The van der Waals surface area contributed by atoms with Crippen molar-refractivity contribution in [3.05, 3.63) is 65.2 Å². The molecule has 0 radical (unpaired) electrons. The number of amides is 1. The molecule has 0 fully saturated rings. The monoisotopic (exact) mass is 327 g/mol. The summed E-state index contributed by atoms with van der Waals surface area (Å²) in [4.78, 5) is 11.8. The Morgan fingerprint density at radius 3 is 2.43 bits per heavy atom. The molecule has 0 aliphatic rings. The molecule has 0 bridgehead atoms. The van der Waals surface area contributed by atoms with Gasteiger partial charge in [-0.2, -0.15) is 0 Å². The summed E-state index contributed by atoms with van der Waals surface area (Å²) in [7, 11) is 0. The molecular formula is C16H15F4N2O+. The molecule has 0 unspecified atom stereocenters. The zero-order chi connectivity index (χ0) is 17.0. The lowest BCUT2D eigenvalue weighted by atomic mass is 10.1. The van der Waals surface area contributed by atoms with Crippen molar-refractivity contribution in [3.63, 3.8) is 0 Å². The molecule has 0 aliphatic heterocycles. The minimum Gasteiger partial charge on any atom is -0.333 e. The third-order valence-corrected chi connectivity index (χ3v) is 3.33. The van der Waals surface area contributed by atoms with Gasteiger partial charge in [0, 0.05) is 11.6 Å². The Balaban J connectivity index is 1.91. The van der Waals surface area contributed by atoms with Crippen molar-refractivity contribution in [2.75, 3.05) is 11.9 Å². The van der Waals surface area contributed by atoms with Gasteiger partial charge >= 0.3 is 0 Å². The maximum atomic E-state index is 13.4. The number of nitrogens with one attached hydrogen (secondary N) is 1. The molecule has 0 aliphatic carbocycles. The maximum absolute atomic E-state index is 13.4. The molecule has 0 spiro atoms. The zero-order valence-electron chi connectivity index (χ0n) is 12.2. The van der Waals surface area contributed by atoms with Gasteiger partial charge in [-0.05, 0) is 37.3 Å². The van der Waals surface area contributed by atoms with E-state index in [-0.39, 0.29) is 18.3 Å². The van der Waals surface area contributed by atoms with E-state index in [1.54, 1.807) is 12.2 Å². The van der Waals surface area contributed by atoms with E-state index in [1.807, 2.05) is 0 Å². The van der Waals surface area contributed by atoms with Crippen LogP contribution in [0.25, 0.3) is 0 Å². The Bertz CT molecular complexity index is 721. The number of anilines is 1. The fourth-order valence-corrected chi connectivity index (χ4v) is 2.01. The summed E-state index contributed by atoms with van der Waals surface area (Å²) in [6, 6.07) is 6.04. The smallest absolute Gasteiger partial charge is 0.279 e. The van der Waals surface area contributed by atoms with Crippen molar-refractivity contribution < 1.29 is 27.7 Å². The highest BCUT2D eigenvalue weighted by Crippen LogP contribution is 2.15. The Morgan fingerprint density at radius 2 is 1.78 bits per heavy atom. The maximum Gasteiger partial charge on any atom is 0.279 e. The highest BCUT2D eigenvalue weighted by atomic mass is 19.2. The molecular weight excluding hydrogens is 312 g/mol. The van der Waals surface area contributed by atoms with Crippen LogP contribution in [0.15, 0.2) is 36.4 Å². The van der Waals surface area contributed by atoms with Crippen molar-refractivity contribution in [1.82, 2.24) is 0 Å². The highest BCUT2D eigenvalue weighted by molar-refractivity contribution is 5.91. The third-order valence-electron chi connectivity index (χ3n) is 3.33. The number of carbonyl (C=O) groups excluding carboxylic acids is 1. The quantitative estimate of drug-likeness (QED) is 0.815. The Hall–Kier alpha value is -2.41. The van der Waals surface area contributed by atoms with Gasteiger partial charge < -0.3 is 10.6 Å². The molecule has 1 atom stereocenters. The average Bonchev–Trinajstić information content (AvgIpc) is 2.50. The second-order valence-corrected chi connectivity index (χ2v) is 5.07. The predicted octanol–water partition coefficient (Wildman–Crippen LogP) is 2.51. The Morgan fingerprint density at radius 1 is 1.04 bits per heavy atom. The molecule has 1 amide bonds. The third kappa shape index (κ3) is 4.53. The van der Waals surface area contributed by atoms with Crippen LogP contribution in [0.2, 0.25) is 0 Å². The summed E-state index contributed by atoms with van der Waals surface area (Å²) in [6.45, 7) is 1.66. The van der Waals surface area contributed by atoms with Crippen LogP contribution in [0.3, 0.4) is 0 Å². The van der Waals surface area contributed by atoms with Crippen molar-refractivity contribution in [3.8, 4) is 0 Å².